The van der Waals surface area contributed by atoms with Crippen molar-refractivity contribution in [2.45, 2.75) is 18.3 Å². The maximum absolute atomic E-state index is 12.4. The summed E-state index contributed by atoms with van der Waals surface area (Å²) in [6.45, 7) is 4.37. The Balaban J connectivity index is 1.65. The van der Waals surface area contributed by atoms with Crippen LogP contribution >= 0.6 is 35.0 Å². The number of ether oxygens (including phenoxy) is 2. The molecule has 0 fully saturated rings. The Morgan fingerprint density at radius 1 is 1.23 bits per heavy atom. The van der Waals surface area contributed by atoms with Gasteiger partial charge in [-0.25, -0.2) is 0 Å². The second kappa shape index (κ2) is 11.1. The van der Waals surface area contributed by atoms with E-state index in [0.717, 1.165) is 0 Å². The third-order valence-electron chi connectivity index (χ3n) is 4.07. The van der Waals surface area contributed by atoms with E-state index in [1.165, 1.54) is 11.8 Å². The maximum Gasteiger partial charge on any atom is 0.234 e. The van der Waals surface area contributed by atoms with Crippen molar-refractivity contribution in [3.63, 3.8) is 0 Å². The number of halogens is 2. The summed E-state index contributed by atoms with van der Waals surface area (Å²) in [7, 11) is 1.55. The first-order valence-corrected chi connectivity index (χ1v) is 10.9. The number of amides is 1. The number of nitrogens with zero attached hydrogens (tertiary/aromatic N) is 3. The Hall–Kier alpha value is -2.68. The maximum atomic E-state index is 12.4. The first-order chi connectivity index (χ1) is 15.0. The van der Waals surface area contributed by atoms with E-state index in [9.17, 15) is 4.79 Å². The molecule has 1 N–H and O–H groups in total. The number of hydrogen-bond acceptors (Lipinski definition) is 6. The van der Waals surface area contributed by atoms with Crippen molar-refractivity contribution < 1.29 is 14.3 Å². The van der Waals surface area contributed by atoms with Crippen molar-refractivity contribution >= 4 is 46.6 Å². The lowest BCUT2D eigenvalue weighted by Gasteiger charge is -2.11. The van der Waals surface area contributed by atoms with Crippen molar-refractivity contribution in [2.75, 3.05) is 18.2 Å². The Kier molecular flexibility index (Phi) is 8.22. The number of anilines is 1. The van der Waals surface area contributed by atoms with Gasteiger partial charge in [-0.3, -0.25) is 9.36 Å². The molecular weight excluding hydrogens is 459 g/mol. The highest BCUT2D eigenvalue weighted by Crippen LogP contribution is 2.29. The van der Waals surface area contributed by atoms with Crippen LogP contribution in [0.25, 0.3) is 0 Å². The monoisotopic (exact) mass is 478 g/mol. The molecule has 3 aromatic rings. The Bertz CT molecular complexity index is 1070. The molecule has 0 saturated carbocycles. The fraction of sp³-hybridized carbons (Fsp3) is 0.190. The van der Waals surface area contributed by atoms with E-state index in [1.807, 2.05) is 16.7 Å². The van der Waals surface area contributed by atoms with Crippen molar-refractivity contribution in [2.24, 2.45) is 0 Å². The van der Waals surface area contributed by atoms with Crippen LogP contribution in [0.2, 0.25) is 10.0 Å². The van der Waals surface area contributed by atoms with Crippen LogP contribution in [-0.4, -0.2) is 33.5 Å². The average Bonchev–Trinajstić information content (AvgIpc) is 3.15. The van der Waals surface area contributed by atoms with Crippen molar-refractivity contribution in [1.82, 2.24) is 14.8 Å². The highest BCUT2D eigenvalue weighted by atomic mass is 35.5. The molecule has 3 rings (SSSR count). The zero-order valence-electron chi connectivity index (χ0n) is 16.7. The van der Waals surface area contributed by atoms with Gasteiger partial charge in [0, 0.05) is 17.6 Å². The Morgan fingerprint density at radius 3 is 2.81 bits per heavy atom. The summed E-state index contributed by atoms with van der Waals surface area (Å²) in [5.74, 6) is 1.58. The van der Waals surface area contributed by atoms with E-state index in [0.29, 0.717) is 44.8 Å². The minimum Gasteiger partial charge on any atom is -0.495 e. The zero-order chi connectivity index (χ0) is 22.2. The molecule has 0 spiro atoms. The van der Waals surface area contributed by atoms with E-state index in [4.69, 9.17) is 32.7 Å². The molecule has 7 nitrogen and oxygen atoms in total. The normalized spacial score (nSPS) is 10.5. The topological polar surface area (TPSA) is 78.3 Å². The number of carbonyl (C=O) groups excluding carboxylic acids is 1. The van der Waals surface area contributed by atoms with E-state index in [1.54, 1.807) is 43.5 Å². The lowest BCUT2D eigenvalue weighted by atomic mass is 10.3. The molecule has 31 heavy (non-hydrogen) atoms. The van der Waals surface area contributed by atoms with Crippen molar-refractivity contribution in [1.29, 1.82) is 0 Å². The smallest absolute Gasteiger partial charge is 0.234 e. The summed E-state index contributed by atoms with van der Waals surface area (Å²) in [5, 5.41) is 12.7. The van der Waals surface area contributed by atoms with Crippen molar-refractivity contribution in [3.8, 4) is 11.5 Å². The number of carbonyl (C=O) groups is 1. The van der Waals surface area contributed by atoms with Crippen LogP contribution in [0.4, 0.5) is 5.69 Å². The van der Waals surface area contributed by atoms with Gasteiger partial charge >= 0.3 is 0 Å². The number of rotatable bonds is 10. The van der Waals surface area contributed by atoms with E-state index < -0.39 is 0 Å². The third-order valence-corrected chi connectivity index (χ3v) is 5.58. The summed E-state index contributed by atoms with van der Waals surface area (Å²) < 4.78 is 12.8. The van der Waals surface area contributed by atoms with Crippen LogP contribution in [0.3, 0.4) is 0 Å². The molecular formula is C21H20Cl2N4O3S. The summed E-state index contributed by atoms with van der Waals surface area (Å²) in [5.41, 5.74) is 0.607. The number of allylic oxidation sites excluding steroid dienone is 1. The molecule has 2 aromatic carbocycles. The molecule has 1 amide bonds. The Morgan fingerprint density at radius 2 is 2.03 bits per heavy atom. The molecule has 0 radical (unpaired) electrons. The molecule has 1 heterocycles. The van der Waals surface area contributed by atoms with Crippen LogP contribution in [-0.2, 0) is 17.9 Å². The van der Waals surface area contributed by atoms with Gasteiger partial charge < -0.3 is 14.8 Å². The molecule has 0 unspecified atom stereocenters. The molecule has 0 aliphatic heterocycles. The van der Waals surface area contributed by atoms with Crippen LogP contribution in [0.15, 0.2) is 60.3 Å². The minimum absolute atomic E-state index is 0.134. The first kappa shape index (κ1) is 23.0. The minimum atomic E-state index is -0.189. The molecule has 162 valence electrons. The van der Waals surface area contributed by atoms with Crippen molar-refractivity contribution in [3.05, 3.63) is 71.0 Å². The molecule has 10 heteroatoms. The lowest BCUT2D eigenvalue weighted by Crippen LogP contribution is -2.15. The zero-order valence-corrected chi connectivity index (χ0v) is 19.0. The summed E-state index contributed by atoms with van der Waals surface area (Å²) in [6, 6.07) is 12.2. The summed E-state index contributed by atoms with van der Waals surface area (Å²) >= 11 is 13.4. The summed E-state index contributed by atoms with van der Waals surface area (Å²) in [4.78, 5) is 12.4. The second-order valence-corrected chi connectivity index (χ2v) is 7.98. The number of nitrogens with one attached hydrogen (secondary N) is 1. The molecule has 0 atom stereocenters. The van der Waals surface area contributed by atoms with Gasteiger partial charge in [-0.1, -0.05) is 53.2 Å². The molecule has 0 saturated heterocycles. The highest BCUT2D eigenvalue weighted by molar-refractivity contribution is 7.99. The van der Waals surface area contributed by atoms with Gasteiger partial charge in [-0.2, -0.15) is 0 Å². The number of benzene rings is 2. The number of methoxy groups -OCH3 is 1. The third kappa shape index (κ3) is 6.16. The molecule has 0 aliphatic rings. The standard InChI is InChI=1S/C21H20Cl2N4O3S/c1-3-10-27-19(12-30-18-11-14(22)8-9-15(18)23)25-26-21(27)31-13-20(28)24-16-6-4-5-7-17(16)29-2/h3-9,11H,1,10,12-13H2,2H3,(H,24,28). The SMILES string of the molecule is C=CCn1c(COc2cc(Cl)ccc2Cl)nnc1SCC(=O)Nc1ccccc1OC. The van der Waals surface area contributed by atoms with Crippen LogP contribution in [0.1, 0.15) is 5.82 Å². The molecule has 1 aromatic heterocycles. The largest absolute Gasteiger partial charge is 0.495 e. The summed E-state index contributed by atoms with van der Waals surface area (Å²) in [6.07, 6.45) is 1.72. The predicted octanol–water partition coefficient (Wildman–Crippen LogP) is 5.09. The number of hydrogen-bond donors (Lipinski definition) is 1. The van der Waals surface area contributed by atoms with Gasteiger partial charge in [-0.05, 0) is 24.3 Å². The second-order valence-electron chi connectivity index (χ2n) is 6.20. The fourth-order valence-electron chi connectivity index (χ4n) is 2.64. The Labute approximate surface area is 194 Å². The number of aromatic nitrogens is 3. The predicted molar refractivity (Wildman–Crippen MR) is 123 cm³/mol. The van der Waals surface area contributed by atoms with Gasteiger partial charge in [0.1, 0.15) is 18.1 Å². The van der Waals surface area contributed by atoms with Gasteiger partial charge in [0.25, 0.3) is 0 Å². The molecule has 0 bridgehead atoms. The quantitative estimate of drug-likeness (QED) is 0.323. The highest BCUT2D eigenvalue weighted by Gasteiger charge is 2.15. The lowest BCUT2D eigenvalue weighted by molar-refractivity contribution is -0.113. The molecule has 0 aliphatic carbocycles. The van der Waals surface area contributed by atoms with Crippen LogP contribution < -0.4 is 14.8 Å². The van der Waals surface area contributed by atoms with Gasteiger partial charge in [-0.15, -0.1) is 16.8 Å². The van der Waals surface area contributed by atoms with Gasteiger partial charge in [0.15, 0.2) is 11.0 Å². The number of para-hydroxylation sites is 2. The average molecular weight is 479 g/mol. The van der Waals surface area contributed by atoms with Gasteiger partial charge in [0.2, 0.25) is 5.91 Å². The van der Waals surface area contributed by atoms with Crippen LogP contribution in [0, 0.1) is 0 Å². The fourth-order valence-corrected chi connectivity index (χ4v) is 3.74. The van der Waals surface area contributed by atoms with Gasteiger partial charge in [0.05, 0.1) is 23.6 Å². The van der Waals surface area contributed by atoms with E-state index >= 15 is 0 Å². The number of thioether (sulfide) groups is 1. The van der Waals surface area contributed by atoms with Crippen LogP contribution in [0.5, 0.6) is 11.5 Å². The first-order valence-electron chi connectivity index (χ1n) is 9.18. The van der Waals surface area contributed by atoms with E-state index in [-0.39, 0.29) is 18.3 Å². The van der Waals surface area contributed by atoms with E-state index in [2.05, 4.69) is 22.1 Å².